The largest absolute Gasteiger partial charge is 1.00 e. The van der Waals surface area contributed by atoms with Gasteiger partial charge in [0.15, 0.2) is 0 Å². The van der Waals surface area contributed by atoms with Crippen LogP contribution in [0, 0.1) is 0 Å². The Morgan fingerprint density at radius 2 is 2.33 bits per heavy atom. The van der Waals surface area contributed by atoms with Gasteiger partial charge in [0, 0.05) is 0 Å². The van der Waals surface area contributed by atoms with Crippen LogP contribution >= 0.6 is 12.6 Å². The van der Waals surface area contributed by atoms with E-state index in [-0.39, 0.29) is 31.0 Å². The molecule has 0 aliphatic carbocycles. The first-order valence-electron chi connectivity index (χ1n) is 2.59. The van der Waals surface area contributed by atoms with Gasteiger partial charge in [-0.1, -0.05) is 13.3 Å². The van der Waals surface area contributed by atoms with Gasteiger partial charge in [-0.05, 0) is 6.42 Å². The molecule has 1 atom stereocenters. The third-order valence-electron chi connectivity index (χ3n) is 0.847. The number of hydrogen-bond donors (Lipinski definition) is 2. The van der Waals surface area contributed by atoms with Crippen molar-refractivity contribution >= 4 is 17.7 Å². The van der Waals surface area contributed by atoms with Crippen LogP contribution in [0.3, 0.4) is 0 Å². The zero-order chi connectivity index (χ0) is 6.57. The van der Waals surface area contributed by atoms with Crippen LogP contribution in [-0.2, 0) is 4.79 Å². The summed E-state index contributed by atoms with van der Waals surface area (Å²) in [6.45, 7) is 1.90. The van der Waals surface area contributed by atoms with E-state index in [1.807, 2.05) is 6.92 Å². The SMILES string of the molecule is CCCC(O)C(=O)S.[H-].[Na+]. The van der Waals surface area contributed by atoms with Crippen LogP contribution in [0.2, 0.25) is 0 Å². The third-order valence-corrected chi connectivity index (χ3v) is 1.15. The van der Waals surface area contributed by atoms with Gasteiger partial charge in [0.2, 0.25) is 5.12 Å². The van der Waals surface area contributed by atoms with Crippen molar-refractivity contribution < 1.29 is 40.9 Å². The molecule has 0 saturated carbocycles. The van der Waals surface area contributed by atoms with Crippen molar-refractivity contribution in [3.8, 4) is 0 Å². The van der Waals surface area contributed by atoms with Gasteiger partial charge in [0.25, 0.3) is 0 Å². The molecule has 0 saturated heterocycles. The Labute approximate surface area is 84.2 Å². The molecule has 0 aliphatic rings. The maximum atomic E-state index is 10.1. The van der Waals surface area contributed by atoms with Crippen LogP contribution < -0.4 is 29.6 Å². The molecule has 0 amide bonds. The molecule has 0 rings (SSSR count). The molecule has 0 radical (unpaired) electrons. The van der Waals surface area contributed by atoms with Crippen LogP contribution in [0.4, 0.5) is 0 Å². The quantitative estimate of drug-likeness (QED) is 0.359. The van der Waals surface area contributed by atoms with Crippen molar-refractivity contribution in [2.24, 2.45) is 0 Å². The number of carbonyl (C=O) groups is 1. The monoisotopic (exact) mass is 158 g/mol. The average molecular weight is 158 g/mol. The van der Waals surface area contributed by atoms with Crippen molar-refractivity contribution in [1.29, 1.82) is 0 Å². The summed E-state index contributed by atoms with van der Waals surface area (Å²) in [5.74, 6) is 0. The molecule has 2 nitrogen and oxygen atoms in total. The predicted molar refractivity (Wildman–Crippen MR) is 36.0 cm³/mol. The minimum Gasteiger partial charge on any atom is -1.00 e. The Bertz CT molecular complexity index is 91.7. The maximum absolute atomic E-state index is 10.1. The fraction of sp³-hybridized carbons (Fsp3) is 0.800. The molecular formula is C5H11NaO2S. The summed E-state index contributed by atoms with van der Waals surface area (Å²) in [5.41, 5.74) is 0. The Kier molecular flexibility index (Phi) is 9.96. The van der Waals surface area contributed by atoms with Crippen molar-refractivity contribution in [2.75, 3.05) is 0 Å². The van der Waals surface area contributed by atoms with Gasteiger partial charge in [0.05, 0.1) is 0 Å². The molecule has 0 heterocycles. The summed E-state index contributed by atoms with van der Waals surface area (Å²) >= 11 is 3.44. The first-order chi connectivity index (χ1) is 3.68. The summed E-state index contributed by atoms with van der Waals surface area (Å²) in [6.07, 6.45) is 0.471. The Hall–Kier alpha value is 0.980. The van der Waals surface area contributed by atoms with E-state index in [1.54, 1.807) is 0 Å². The van der Waals surface area contributed by atoms with Gasteiger partial charge in [-0.2, -0.15) is 0 Å². The van der Waals surface area contributed by atoms with Crippen LogP contribution in [0.25, 0.3) is 0 Å². The van der Waals surface area contributed by atoms with E-state index in [2.05, 4.69) is 12.6 Å². The zero-order valence-corrected chi connectivity index (χ0v) is 8.69. The van der Waals surface area contributed by atoms with Gasteiger partial charge < -0.3 is 6.53 Å². The van der Waals surface area contributed by atoms with Crippen molar-refractivity contribution in [3.63, 3.8) is 0 Å². The molecule has 1 N–H and O–H groups in total. The molecule has 4 heteroatoms. The zero-order valence-electron chi connectivity index (χ0n) is 6.79. The molecule has 0 aromatic heterocycles. The van der Waals surface area contributed by atoms with Gasteiger partial charge in [-0.25, -0.2) is 0 Å². The minimum atomic E-state index is -0.858. The van der Waals surface area contributed by atoms with E-state index in [4.69, 9.17) is 5.11 Å². The van der Waals surface area contributed by atoms with Crippen molar-refractivity contribution in [2.45, 2.75) is 25.9 Å². The third kappa shape index (κ3) is 6.87. The second-order valence-electron chi connectivity index (χ2n) is 1.64. The molecule has 0 spiro atoms. The van der Waals surface area contributed by atoms with Crippen LogP contribution in [-0.4, -0.2) is 16.3 Å². The molecule has 0 aliphatic heterocycles. The second kappa shape index (κ2) is 7.09. The molecule has 0 bridgehead atoms. The number of rotatable bonds is 3. The molecule has 0 aromatic carbocycles. The molecule has 0 aromatic rings. The van der Waals surface area contributed by atoms with Gasteiger partial charge in [-0.15, -0.1) is 12.6 Å². The minimum absolute atomic E-state index is 0. The average Bonchev–Trinajstić information content (AvgIpc) is 1.67. The van der Waals surface area contributed by atoms with Crippen molar-refractivity contribution in [3.05, 3.63) is 0 Å². The molecule has 50 valence electrons. The first-order valence-corrected chi connectivity index (χ1v) is 3.04. The van der Waals surface area contributed by atoms with Crippen LogP contribution in [0.5, 0.6) is 0 Å². The molecule has 1 unspecified atom stereocenters. The number of aliphatic hydroxyl groups excluding tert-OH is 1. The number of thiol groups is 1. The first kappa shape index (κ1) is 12.6. The topological polar surface area (TPSA) is 37.3 Å². The summed E-state index contributed by atoms with van der Waals surface area (Å²) in [5, 5.41) is 8.26. The van der Waals surface area contributed by atoms with E-state index in [9.17, 15) is 4.79 Å². The van der Waals surface area contributed by atoms with Gasteiger partial charge in [-0.3, -0.25) is 4.79 Å². The Morgan fingerprint density at radius 1 is 1.89 bits per heavy atom. The van der Waals surface area contributed by atoms with Crippen LogP contribution in [0.1, 0.15) is 21.2 Å². The summed E-state index contributed by atoms with van der Waals surface area (Å²) in [6, 6.07) is 0. The van der Waals surface area contributed by atoms with Crippen molar-refractivity contribution in [1.82, 2.24) is 0 Å². The predicted octanol–water partition coefficient (Wildman–Crippen LogP) is -2.28. The van der Waals surface area contributed by atoms with Crippen LogP contribution in [0.15, 0.2) is 0 Å². The van der Waals surface area contributed by atoms with E-state index in [0.717, 1.165) is 6.42 Å². The Morgan fingerprint density at radius 3 is 2.44 bits per heavy atom. The molecular weight excluding hydrogens is 147 g/mol. The standard InChI is InChI=1S/C5H10O2S.Na.H/c1-2-3-4(6)5(7)8;;/h4,6H,2-3H2,1H3,(H,7,8);;/q;+1;-1. The fourth-order valence-corrected chi connectivity index (χ4v) is 0.526. The number of carbonyl (C=O) groups excluding carboxylic acids is 1. The van der Waals surface area contributed by atoms with Gasteiger partial charge >= 0.3 is 29.6 Å². The summed E-state index contributed by atoms with van der Waals surface area (Å²) in [4.78, 5) is 10.1. The second-order valence-corrected chi connectivity index (χ2v) is 2.08. The van der Waals surface area contributed by atoms with E-state index < -0.39 is 11.2 Å². The Balaban J connectivity index is -0.000000245. The van der Waals surface area contributed by atoms with E-state index in [0.29, 0.717) is 6.42 Å². The summed E-state index contributed by atoms with van der Waals surface area (Å²) < 4.78 is 0. The molecule has 9 heavy (non-hydrogen) atoms. The van der Waals surface area contributed by atoms with E-state index in [1.165, 1.54) is 0 Å². The summed E-state index contributed by atoms with van der Waals surface area (Å²) in [7, 11) is 0. The number of hydrogen-bond acceptors (Lipinski definition) is 2. The normalized spacial score (nSPS) is 11.9. The smallest absolute Gasteiger partial charge is 1.00 e. The fourth-order valence-electron chi connectivity index (χ4n) is 0.397. The number of aliphatic hydroxyl groups is 1. The maximum Gasteiger partial charge on any atom is 1.00 e. The van der Waals surface area contributed by atoms with Gasteiger partial charge in [0.1, 0.15) is 6.10 Å². The molecule has 0 fully saturated rings. The van der Waals surface area contributed by atoms with E-state index >= 15 is 0 Å².